The lowest BCUT2D eigenvalue weighted by Gasteiger charge is -2.28. The van der Waals surface area contributed by atoms with Crippen molar-refractivity contribution >= 4 is 28.7 Å². The molecule has 1 unspecified atom stereocenters. The van der Waals surface area contributed by atoms with Crippen LogP contribution < -0.4 is 0 Å². The minimum absolute atomic E-state index is 0.163. The van der Waals surface area contributed by atoms with Crippen molar-refractivity contribution in [3.63, 3.8) is 0 Å². The molecule has 0 aliphatic carbocycles. The number of hydrogen-bond donors (Lipinski definition) is 0. The van der Waals surface area contributed by atoms with Gasteiger partial charge < -0.3 is 4.52 Å². The molecule has 0 saturated heterocycles. The predicted octanol–water partition coefficient (Wildman–Crippen LogP) is 4.50. The third kappa shape index (κ3) is 6.33. The summed E-state index contributed by atoms with van der Waals surface area (Å²) in [5.41, 5.74) is -0.671. The summed E-state index contributed by atoms with van der Waals surface area (Å²) in [5.74, 6) is 0. The molecule has 0 amide bonds. The lowest BCUT2D eigenvalue weighted by Crippen LogP contribution is -2.09. The zero-order chi connectivity index (χ0) is 13.6. The lowest BCUT2D eigenvalue weighted by molar-refractivity contribution is 0.362. The summed E-state index contributed by atoms with van der Waals surface area (Å²) in [6.07, 6.45) is 3.59. The number of rotatable bonds is 6. The Morgan fingerprint density at radius 2 is 2.11 bits per heavy atom. The van der Waals surface area contributed by atoms with Crippen LogP contribution in [0.25, 0.3) is 0 Å². The van der Waals surface area contributed by atoms with Crippen molar-refractivity contribution < 1.29 is 4.52 Å². The van der Waals surface area contributed by atoms with E-state index in [0.717, 1.165) is 18.3 Å². The average molecular weight is 303 g/mol. The molecule has 5 heteroatoms. The molecule has 0 aliphatic heterocycles. The second-order valence-electron chi connectivity index (χ2n) is 5.04. The van der Waals surface area contributed by atoms with Crippen LogP contribution in [-0.2, 0) is 22.8 Å². The fourth-order valence-corrected chi connectivity index (χ4v) is 8.51. The fraction of sp³-hybridized carbons (Fsp3) is 0.615. The Labute approximate surface area is 120 Å². The molecule has 0 fully saturated rings. The van der Waals surface area contributed by atoms with Crippen molar-refractivity contribution in [3.8, 4) is 0 Å². The van der Waals surface area contributed by atoms with Gasteiger partial charge in [-0.05, 0) is 12.1 Å². The van der Waals surface area contributed by atoms with E-state index in [-0.39, 0.29) is 4.75 Å². The molecule has 1 aromatic rings. The van der Waals surface area contributed by atoms with Gasteiger partial charge in [-0.1, -0.05) is 56.9 Å². The highest BCUT2D eigenvalue weighted by molar-refractivity contribution is 8.69. The van der Waals surface area contributed by atoms with Gasteiger partial charge in [0, 0.05) is 29.2 Å². The maximum Gasteiger partial charge on any atom is 0.119 e. The summed E-state index contributed by atoms with van der Waals surface area (Å²) >= 11 is 7.52. The Balaban J connectivity index is 2.47. The van der Waals surface area contributed by atoms with Gasteiger partial charge in [0.2, 0.25) is 0 Å². The Morgan fingerprint density at radius 1 is 1.39 bits per heavy atom. The van der Waals surface area contributed by atoms with Gasteiger partial charge >= 0.3 is 0 Å². The highest BCUT2D eigenvalue weighted by Crippen LogP contribution is 2.64. The Hall–Kier alpha value is 0.110. The van der Waals surface area contributed by atoms with E-state index in [1.807, 2.05) is 35.8 Å². The van der Waals surface area contributed by atoms with Crippen LogP contribution in [0.15, 0.2) is 24.4 Å². The normalized spacial score (nSPS) is 15.3. The van der Waals surface area contributed by atoms with Gasteiger partial charge in [-0.15, -0.1) is 0 Å². The van der Waals surface area contributed by atoms with Crippen LogP contribution in [0, 0.1) is 0 Å². The number of aromatic nitrogens is 1. The SMILES string of the molecule is CCP(=S)(OCCc1ccccn1)SC(C)(C)C. The molecule has 102 valence electrons. The third-order valence-electron chi connectivity index (χ3n) is 2.17. The van der Waals surface area contributed by atoms with Crippen LogP contribution in [0.4, 0.5) is 0 Å². The van der Waals surface area contributed by atoms with Gasteiger partial charge in [-0.3, -0.25) is 4.98 Å². The monoisotopic (exact) mass is 303 g/mol. The van der Waals surface area contributed by atoms with Crippen molar-refractivity contribution in [2.45, 2.75) is 38.9 Å². The zero-order valence-electron chi connectivity index (χ0n) is 11.5. The quantitative estimate of drug-likeness (QED) is 0.721. The highest BCUT2D eigenvalue weighted by atomic mass is 32.9. The third-order valence-corrected chi connectivity index (χ3v) is 9.68. The van der Waals surface area contributed by atoms with E-state index < -0.39 is 5.47 Å². The maximum atomic E-state index is 6.01. The summed E-state index contributed by atoms with van der Waals surface area (Å²) in [7, 11) is 0. The number of hydrogen-bond acceptors (Lipinski definition) is 4. The van der Waals surface area contributed by atoms with E-state index in [1.54, 1.807) is 0 Å². The summed E-state index contributed by atoms with van der Waals surface area (Å²) in [5, 5.41) is 0. The molecule has 0 bridgehead atoms. The molecule has 0 radical (unpaired) electrons. The molecule has 1 atom stereocenters. The van der Waals surface area contributed by atoms with Crippen LogP contribution in [0.3, 0.4) is 0 Å². The molecular weight excluding hydrogens is 281 g/mol. The van der Waals surface area contributed by atoms with Crippen molar-refractivity contribution in [2.75, 3.05) is 12.8 Å². The molecule has 1 heterocycles. The Bertz CT molecular complexity index is 403. The van der Waals surface area contributed by atoms with E-state index >= 15 is 0 Å². The van der Waals surface area contributed by atoms with Crippen LogP contribution in [0.1, 0.15) is 33.4 Å². The van der Waals surface area contributed by atoms with Crippen molar-refractivity contribution in [2.24, 2.45) is 0 Å². The molecule has 1 rings (SSSR count). The maximum absolute atomic E-state index is 6.01. The standard InChI is InChI=1S/C13H22NOPS2/c1-5-16(17,18-13(2,3)4)15-11-9-12-8-6-7-10-14-12/h6-8,10H,5,9,11H2,1-4H3. The van der Waals surface area contributed by atoms with Gasteiger partial charge in [0.1, 0.15) is 5.47 Å². The van der Waals surface area contributed by atoms with Gasteiger partial charge in [-0.2, -0.15) is 0 Å². The first-order valence-electron chi connectivity index (χ1n) is 6.19. The Morgan fingerprint density at radius 3 is 2.61 bits per heavy atom. The highest BCUT2D eigenvalue weighted by Gasteiger charge is 2.24. The molecular formula is C13H22NOPS2. The van der Waals surface area contributed by atoms with Crippen LogP contribution in [0.5, 0.6) is 0 Å². The minimum atomic E-state index is -1.74. The molecule has 0 aliphatic rings. The summed E-state index contributed by atoms with van der Waals surface area (Å²) in [6.45, 7) is 9.37. The summed E-state index contributed by atoms with van der Waals surface area (Å²) in [6, 6.07) is 5.95. The van der Waals surface area contributed by atoms with Gasteiger partial charge in [0.15, 0.2) is 0 Å². The van der Waals surface area contributed by atoms with Gasteiger partial charge in [-0.25, -0.2) is 0 Å². The van der Waals surface area contributed by atoms with Gasteiger partial charge in [0.25, 0.3) is 0 Å². The average Bonchev–Trinajstić information content (AvgIpc) is 2.28. The zero-order valence-corrected chi connectivity index (χ0v) is 14.1. The molecule has 0 aromatic carbocycles. The largest absolute Gasteiger partial charge is 0.341 e. The van der Waals surface area contributed by atoms with E-state index in [0.29, 0.717) is 6.61 Å². The summed E-state index contributed by atoms with van der Waals surface area (Å²) in [4.78, 5) is 4.29. The van der Waals surface area contributed by atoms with Crippen LogP contribution in [0.2, 0.25) is 0 Å². The lowest BCUT2D eigenvalue weighted by atomic mass is 10.3. The van der Waals surface area contributed by atoms with Crippen molar-refractivity contribution in [3.05, 3.63) is 30.1 Å². The first-order chi connectivity index (χ1) is 8.35. The minimum Gasteiger partial charge on any atom is -0.341 e. The molecule has 2 nitrogen and oxygen atoms in total. The van der Waals surface area contributed by atoms with Crippen LogP contribution in [-0.4, -0.2) is 22.5 Å². The second kappa shape index (κ2) is 7.04. The predicted molar refractivity (Wildman–Crippen MR) is 86.1 cm³/mol. The van der Waals surface area contributed by atoms with E-state index in [2.05, 4.69) is 32.7 Å². The fourth-order valence-electron chi connectivity index (χ4n) is 1.43. The first-order valence-corrected chi connectivity index (χ1v) is 10.5. The van der Waals surface area contributed by atoms with Crippen LogP contribution >= 0.6 is 16.8 Å². The number of nitrogens with zero attached hydrogens (tertiary/aromatic N) is 1. The number of pyridine rings is 1. The van der Waals surface area contributed by atoms with E-state index in [9.17, 15) is 0 Å². The molecule has 18 heavy (non-hydrogen) atoms. The van der Waals surface area contributed by atoms with E-state index in [1.165, 1.54) is 0 Å². The van der Waals surface area contributed by atoms with E-state index in [4.69, 9.17) is 16.3 Å². The summed E-state index contributed by atoms with van der Waals surface area (Å²) < 4.78 is 6.17. The smallest absolute Gasteiger partial charge is 0.119 e. The second-order valence-corrected chi connectivity index (χ2v) is 13.3. The van der Waals surface area contributed by atoms with Crippen molar-refractivity contribution in [1.29, 1.82) is 0 Å². The first kappa shape index (κ1) is 16.2. The molecule has 1 aromatic heterocycles. The topological polar surface area (TPSA) is 22.1 Å². The molecule has 0 N–H and O–H groups in total. The molecule has 0 spiro atoms. The Kier molecular flexibility index (Phi) is 6.32. The van der Waals surface area contributed by atoms with Gasteiger partial charge in [0.05, 0.1) is 6.61 Å². The molecule has 0 saturated carbocycles. The van der Waals surface area contributed by atoms with Crippen molar-refractivity contribution in [1.82, 2.24) is 4.98 Å².